The molecule has 116 valence electrons. The van der Waals surface area contributed by atoms with E-state index in [1.807, 2.05) is 18.4 Å². The number of benzene rings is 2. The molecular weight excluding hydrogens is 315 g/mol. The van der Waals surface area contributed by atoms with Crippen molar-refractivity contribution >= 4 is 23.4 Å². The second-order valence-corrected chi connectivity index (χ2v) is 5.07. The lowest BCUT2D eigenvalue weighted by Crippen LogP contribution is -2.17. The highest BCUT2D eigenvalue weighted by Crippen LogP contribution is 2.25. The Bertz CT molecular complexity index is 657. The first kappa shape index (κ1) is 16.2. The SMILES string of the molecule is CSc1ccccc1C(=O)Nc1ccc(OC(F)(F)F)cc1. The Morgan fingerprint density at radius 1 is 1.09 bits per heavy atom. The largest absolute Gasteiger partial charge is 0.573 e. The van der Waals surface area contributed by atoms with Crippen molar-refractivity contribution in [3.05, 3.63) is 54.1 Å². The molecule has 2 aromatic rings. The van der Waals surface area contributed by atoms with Gasteiger partial charge >= 0.3 is 6.36 Å². The summed E-state index contributed by atoms with van der Waals surface area (Å²) in [7, 11) is 0. The smallest absolute Gasteiger partial charge is 0.406 e. The highest BCUT2D eigenvalue weighted by atomic mass is 32.2. The normalized spacial score (nSPS) is 11.1. The van der Waals surface area contributed by atoms with Crippen molar-refractivity contribution in [2.24, 2.45) is 0 Å². The molecule has 22 heavy (non-hydrogen) atoms. The Hall–Kier alpha value is -2.15. The van der Waals surface area contributed by atoms with Gasteiger partial charge in [0.1, 0.15) is 5.75 Å². The van der Waals surface area contributed by atoms with Gasteiger partial charge in [-0.05, 0) is 42.7 Å². The molecule has 0 aromatic heterocycles. The van der Waals surface area contributed by atoms with Gasteiger partial charge < -0.3 is 10.1 Å². The predicted octanol–water partition coefficient (Wildman–Crippen LogP) is 4.56. The second-order valence-electron chi connectivity index (χ2n) is 4.23. The average molecular weight is 327 g/mol. The van der Waals surface area contributed by atoms with Crippen LogP contribution in [0, 0.1) is 0 Å². The third kappa shape index (κ3) is 4.42. The van der Waals surface area contributed by atoms with Crippen molar-refractivity contribution in [1.82, 2.24) is 0 Å². The van der Waals surface area contributed by atoms with Gasteiger partial charge in [0.15, 0.2) is 0 Å². The van der Waals surface area contributed by atoms with E-state index in [4.69, 9.17) is 0 Å². The van der Waals surface area contributed by atoms with E-state index in [-0.39, 0.29) is 11.7 Å². The Balaban J connectivity index is 2.09. The van der Waals surface area contributed by atoms with Crippen LogP contribution < -0.4 is 10.1 Å². The van der Waals surface area contributed by atoms with Gasteiger partial charge in [0, 0.05) is 10.6 Å². The van der Waals surface area contributed by atoms with Crippen molar-refractivity contribution in [2.45, 2.75) is 11.3 Å². The topological polar surface area (TPSA) is 38.3 Å². The number of hydrogen-bond donors (Lipinski definition) is 1. The van der Waals surface area contributed by atoms with Crippen LogP contribution in [0.2, 0.25) is 0 Å². The number of halogens is 3. The minimum Gasteiger partial charge on any atom is -0.406 e. The average Bonchev–Trinajstić information content (AvgIpc) is 2.47. The molecule has 0 radical (unpaired) electrons. The van der Waals surface area contributed by atoms with E-state index in [1.165, 1.54) is 23.9 Å². The lowest BCUT2D eigenvalue weighted by molar-refractivity contribution is -0.274. The third-order valence-corrected chi connectivity index (χ3v) is 3.49. The molecule has 0 atom stereocenters. The van der Waals surface area contributed by atoms with E-state index >= 15 is 0 Å². The van der Waals surface area contributed by atoms with E-state index in [0.717, 1.165) is 17.0 Å². The standard InChI is InChI=1S/C15H12F3NO2S/c1-22-13-5-3-2-4-12(13)14(20)19-10-6-8-11(9-7-10)21-15(16,17)18/h2-9H,1H3,(H,19,20). The first-order chi connectivity index (χ1) is 10.4. The van der Waals surface area contributed by atoms with Crippen molar-refractivity contribution in [3.63, 3.8) is 0 Å². The van der Waals surface area contributed by atoms with Crippen molar-refractivity contribution in [3.8, 4) is 5.75 Å². The monoisotopic (exact) mass is 327 g/mol. The minimum absolute atomic E-state index is 0.325. The fraction of sp³-hybridized carbons (Fsp3) is 0.133. The van der Waals surface area contributed by atoms with Gasteiger partial charge in [-0.1, -0.05) is 12.1 Å². The van der Waals surface area contributed by atoms with E-state index in [9.17, 15) is 18.0 Å². The van der Waals surface area contributed by atoms with E-state index in [1.54, 1.807) is 12.1 Å². The van der Waals surface area contributed by atoms with E-state index in [2.05, 4.69) is 10.1 Å². The first-order valence-electron chi connectivity index (χ1n) is 6.19. The molecule has 0 fully saturated rings. The molecule has 0 spiro atoms. The zero-order valence-corrected chi connectivity index (χ0v) is 12.3. The summed E-state index contributed by atoms with van der Waals surface area (Å²) in [6.07, 6.45) is -2.88. The number of nitrogens with one attached hydrogen (secondary N) is 1. The first-order valence-corrected chi connectivity index (χ1v) is 7.42. The number of carbonyl (C=O) groups is 1. The van der Waals surface area contributed by atoms with Crippen molar-refractivity contribution in [1.29, 1.82) is 0 Å². The highest BCUT2D eigenvalue weighted by Gasteiger charge is 2.30. The molecule has 0 bridgehead atoms. The number of hydrogen-bond acceptors (Lipinski definition) is 3. The minimum atomic E-state index is -4.73. The van der Waals surface area contributed by atoms with Crippen molar-refractivity contribution < 1.29 is 22.7 Å². The molecule has 0 heterocycles. The second kappa shape index (κ2) is 6.74. The van der Waals surface area contributed by atoms with Crippen LogP contribution in [0.4, 0.5) is 18.9 Å². The Kier molecular flexibility index (Phi) is 4.97. The maximum atomic E-state index is 12.2. The molecule has 0 saturated carbocycles. The molecule has 2 rings (SSSR count). The third-order valence-electron chi connectivity index (χ3n) is 2.70. The molecule has 0 unspecified atom stereocenters. The molecule has 0 aliphatic heterocycles. The molecule has 2 aromatic carbocycles. The molecule has 3 nitrogen and oxygen atoms in total. The fourth-order valence-corrected chi connectivity index (χ4v) is 2.37. The molecule has 1 N–H and O–H groups in total. The van der Waals surface area contributed by atoms with Crippen LogP contribution in [0.3, 0.4) is 0 Å². The fourth-order valence-electron chi connectivity index (χ4n) is 1.77. The van der Waals surface area contributed by atoms with Crippen molar-refractivity contribution in [2.75, 3.05) is 11.6 Å². The van der Waals surface area contributed by atoms with E-state index in [0.29, 0.717) is 11.3 Å². The van der Waals surface area contributed by atoms with E-state index < -0.39 is 6.36 Å². The number of rotatable bonds is 4. The van der Waals surface area contributed by atoms with Crippen LogP contribution in [0.25, 0.3) is 0 Å². The lowest BCUT2D eigenvalue weighted by atomic mass is 10.2. The van der Waals surface area contributed by atoms with Crippen LogP contribution >= 0.6 is 11.8 Å². The van der Waals surface area contributed by atoms with Gasteiger partial charge in [0.25, 0.3) is 5.91 Å². The van der Waals surface area contributed by atoms with Gasteiger partial charge in [-0.2, -0.15) is 0 Å². The van der Waals surface area contributed by atoms with Gasteiger partial charge in [0.2, 0.25) is 0 Å². The lowest BCUT2D eigenvalue weighted by Gasteiger charge is -2.11. The predicted molar refractivity (Wildman–Crippen MR) is 79.3 cm³/mol. The summed E-state index contributed by atoms with van der Waals surface area (Å²) in [5.41, 5.74) is 0.890. The zero-order valence-electron chi connectivity index (χ0n) is 11.5. The van der Waals surface area contributed by atoms with Crippen LogP contribution in [0.1, 0.15) is 10.4 Å². The molecule has 0 aliphatic carbocycles. The number of amides is 1. The molecule has 1 amide bonds. The number of carbonyl (C=O) groups excluding carboxylic acids is 1. The number of thioether (sulfide) groups is 1. The van der Waals surface area contributed by atoms with Gasteiger partial charge in [0.05, 0.1) is 5.56 Å². The maximum absolute atomic E-state index is 12.2. The Labute approximate surface area is 129 Å². The quantitative estimate of drug-likeness (QED) is 0.837. The molecular formula is C15H12F3NO2S. The summed E-state index contributed by atoms with van der Waals surface area (Å²) in [5.74, 6) is -0.663. The Morgan fingerprint density at radius 3 is 2.32 bits per heavy atom. The summed E-state index contributed by atoms with van der Waals surface area (Å²) in [4.78, 5) is 13.0. The zero-order chi connectivity index (χ0) is 16.2. The van der Waals surface area contributed by atoms with Gasteiger partial charge in [-0.25, -0.2) is 0 Å². The van der Waals surface area contributed by atoms with Crippen LogP contribution in [0.5, 0.6) is 5.75 Å². The van der Waals surface area contributed by atoms with Crippen LogP contribution in [-0.4, -0.2) is 18.5 Å². The molecule has 0 saturated heterocycles. The summed E-state index contributed by atoms with van der Waals surface area (Å²) >= 11 is 1.44. The summed E-state index contributed by atoms with van der Waals surface area (Å²) < 4.78 is 40.0. The highest BCUT2D eigenvalue weighted by molar-refractivity contribution is 7.98. The maximum Gasteiger partial charge on any atom is 0.573 e. The van der Waals surface area contributed by atoms with Gasteiger partial charge in [-0.3, -0.25) is 4.79 Å². The Morgan fingerprint density at radius 2 is 1.73 bits per heavy atom. The number of alkyl halides is 3. The number of anilines is 1. The summed E-state index contributed by atoms with van der Waals surface area (Å²) in [6.45, 7) is 0. The van der Waals surface area contributed by atoms with Crippen LogP contribution in [0.15, 0.2) is 53.4 Å². The summed E-state index contributed by atoms with van der Waals surface area (Å²) in [5, 5.41) is 2.63. The van der Waals surface area contributed by atoms with Crippen LogP contribution in [-0.2, 0) is 0 Å². The van der Waals surface area contributed by atoms with Gasteiger partial charge in [-0.15, -0.1) is 24.9 Å². The number of ether oxygens (including phenoxy) is 1. The molecule has 0 aliphatic rings. The summed E-state index contributed by atoms with van der Waals surface area (Å²) in [6, 6.07) is 12.1. The molecule has 7 heteroatoms.